The number of carbonyl (C=O) groups excluding carboxylic acids is 1. The maximum Gasteiger partial charge on any atom is 0.261 e. The van der Waals surface area contributed by atoms with Gasteiger partial charge in [-0.05, 0) is 65.3 Å². The van der Waals surface area contributed by atoms with Crippen molar-refractivity contribution >= 4 is 24.5 Å². The van der Waals surface area contributed by atoms with E-state index in [9.17, 15) is 4.79 Å². The normalized spacial score (nSPS) is 34.0. The highest BCUT2D eigenvalue weighted by Crippen LogP contribution is 2.65. The van der Waals surface area contributed by atoms with E-state index in [2.05, 4.69) is 94.4 Å². The molecule has 5 atom stereocenters. The van der Waals surface area contributed by atoms with Crippen LogP contribution < -0.4 is 10.4 Å². The molecule has 7 rings (SSSR count). The van der Waals surface area contributed by atoms with Crippen LogP contribution in [0.25, 0.3) is 0 Å². The highest BCUT2D eigenvalue weighted by molar-refractivity contribution is 6.99. The third-order valence-electron chi connectivity index (χ3n) is 12.3. The van der Waals surface area contributed by atoms with E-state index in [-0.39, 0.29) is 15.9 Å². The minimum atomic E-state index is -2.71. The van der Waals surface area contributed by atoms with E-state index in [4.69, 9.17) is 13.9 Å². The number of carbonyl (C=O) groups is 1. The van der Waals surface area contributed by atoms with Crippen LogP contribution in [0.3, 0.4) is 0 Å². The summed E-state index contributed by atoms with van der Waals surface area (Å²) in [5.74, 6) is 1.60. The molecule has 1 heterocycles. The Kier molecular flexibility index (Phi) is 7.01. The molecule has 2 aromatic rings. The van der Waals surface area contributed by atoms with Crippen molar-refractivity contribution in [3.8, 4) is 0 Å². The molecule has 1 spiro atoms. The third kappa shape index (κ3) is 4.21. The zero-order chi connectivity index (χ0) is 29.2. The second-order valence-corrected chi connectivity index (χ2v) is 19.5. The summed E-state index contributed by atoms with van der Waals surface area (Å²) >= 11 is 0. The number of Topliss-reactive ketones (excluding diaryl/α,β-unsaturated/α-hetero) is 1. The fourth-order valence-corrected chi connectivity index (χ4v) is 14.8. The van der Waals surface area contributed by atoms with Crippen molar-refractivity contribution in [1.82, 2.24) is 0 Å². The molecule has 0 N–H and O–H groups in total. The molecule has 0 bridgehead atoms. The first-order valence-electron chi connectivity index (χ1n) is 16.4. The molecule has 4 nitrogen and oxygen atoms in total. The van der Waals surface area contributed by atoms with E-state index in [1.165, 1.54) is 15.9 Å². The molecular weight excluding hydrogens is 536 g/mol. The van der Waals surface area contributed by atoms with Crippen LogP contribution >= 0.6 is 0 Å². The van der Waals surface area contributed by atoms with Gasteiger partial charge in [-0.1, -0.05) is 100 Å². The van der Waals surface area contributed by atoms with E-state index in [1.807, 2.05) is 0 Å². The zero-order valence-electron chi connectivity index (χ0n) is 26.0. The van der Waals surface area contributed by atoms with Gasteiger partial charge in [-0.2, -0.15) is 0 Å². The molecule has 0 radical (unpaired) electrons. The Morgan fingerprint density at radius 3 is 2.14 bits per heavy atom. The Morgan fingerprint density at radius 1 is 0.881 bits per heavy atom. The molecule has 2 aromatic carbocycles. The average molecular weight is 585 g/mol. The van der Waals surface area contributed by atoms with Gasteiger partial charge in [-0.3, -0.25) is 4.79 Å². The van der Waals surface area contributed by atoms with Crippen LogP contribution in [0.4, 0.5) is 0 Å². The fraction of sp³-hybridized carbons (Fsp3) is 0.595. The lowest BCUT2D eigenvalue weighted by Gasteiger charge is -2.59. The summed E-state index contributed by atoms with van der Waals surface area (Å²) in [5.41, 5.74) is 1.31. The van der Waals surface area contributed by atoms with Gasteiger partial charge in [0, 0.05) is 36.7 Å². The minimum absolute atomic E-state index is 0.0521. The topological polar surface area (TPSA) is 44.8 Å². The molecule has 42 heavy (non-hydrogen) atoms. The first-order chi connectivity index (χ1) is 20.1. The van der Waals surface area contributed by atoms with Crippen LogP contribution in [0.5, 0.6) is 0 Å². The highest BCUT2D eigenvalue weighted by atomic mass is 28.4. The number of benzene rings is 2. The van der Waals surface area contributed by atoms with Crippen molar-refractivity contribution in [3.63, 3.8) is 0 Å². The van der Waals surface area contributed by atoms with Gasteiger partial charge in [0.25, 0.3) is 8.32 Å². The lowest BCUT2D eigenvalue weighted by atomic mass is 9.47. The molecule has 5 aliphatic rings. The number of allylic oxidation sites excluding steroid dienone is 1. The molecule has 0 aromatic heterocycles. The van der Waals surface area contributed by atoms with Crippen LogP contribution in [0.2, 0.25) is 5.04 Å². The van der Waals surface area contributed by atoms with Crippen molar-refractivity contribution in [2.24, 2.45) is 28.6 Å². The Labute approximate surface area is 253 Å². The van der Waals surface area contributed by atoms with Gasteiger partial charge in [0.1, 0.15) is 5.78 Å². The van der Waals surface area contributed by atoms with E-state index in [1.54, 1.807) is 0 Å². The van der Waals surface area contributed by atoms with Gasteiger partial charge < -0.3 is 13.9 Å². The lowest BCUT2D eigenvalue weighted by Crippen LogP contribution is -2.68. The number of fused-ring (bicyclic) bond motifs is 5. The fourth-order valence-electron chi connectivity index (χ4n) is 10.2. The van der Waals surface area contributed by atoms with Gasteiger partial charge in [-0.25, -0.2) is 0 Å². The number of ether oxygens (including phenoxy) is 2. The molecule has 1 saturated heterocycles. The summed E-state index contributed by atoms with van der Waals surface area (Å²) in [5, 5.41) is 2.61. The predicted octanol–water partition coefficient (Wildman–Crippen LogP) is 6.82. The van der Waals surface area contributed by atoms with Crippen molar-refractivity contribution in [2.45, 2.75) is 89.9 Å². The third-order valence-corrected chi connectivity index (χ3v) is 17.3. The van der Waals surface area contributed by atoms with Gasteiger partial charge in [0.05, 0.1) is 13.2 Å². The number of hydrogen-bond donors (Lipinski definition) is 0. The maximum atomic E-state index is 13.2. The Bertz CT molecular complexity index is 1300. The SMILES string of the molecule is CC(C)(C)[Si](OC[C@]12CCC3(CC1=CC[C@@H]1[C@@H]2CC[C@]2(C)C(=O)CC[C@@H]12)OCCO3)(c1ccccc1)c1ccccc1. The molecule has 3 saturated carbocycles. The average Bonchev–Trinajstić information content (AvgIpc) is 3.57. The minimum Gasteiger partial charge on any atom is -0.407 e. The van der Waals surface area contributed by atoms with Crippen LogP contribution in [-0.4, -0.2) is 39.7 Å². The molecule has 0 unspecified atom stereocenters. The van der Waals surface area contributed by atoms with Crippen LogP contribution in [0.15, 0.2) is 72.3 Å². The van der Waals surface area contributed by atoms with E-state index in [0.29, 0.717) is 36.8 Å². The van der Waals surface area contributed by atoms with Crippen molar-refractivity contribution < 1.29 is 18.7 Å². The zero-order valence-corrected chi connectivity index (χ0v) is 27.0. The van der Waals surface area contributed by atoms with E-state index < -0.39 is 14.1 Å². The molecule has 0 amide bonds. The van der Waals surface area contributed by atoms with Crippen LogP contribution in [0, 0.1) is 28.6 Å². The van der Waals surface area contributed by atoms with E-state index in [0.717, 1.165) is 58.0 Å². The summed E-state index contributed by atoms with van der Waals surface area (Å²) in [6.07, 6.45) is 10.4. The molecule has 4 aliphatic carbocycles. The monoisotopic (exact) mass is 584 g/mol. The Balaban J connectivity index is 1.32. The molecule has 1 aliphatic heterocycles. The lowest BCUT2D eigenvalue weighted by molar-refractivity contribution is -0.189. The summed E-state index contributed by atoms with van der Waals surface area (Å²) < 4.78 is 20.4. The predicted molar refractivity (Wildman–Crippen MR) is 169 cm³/mol. The van der Waals surface area contributed by atoms with Gasteiger partial charge in [0.2, 0.25) is 0 Å². The molecular formula is C37H48O4Si. The standard InChI is InChI=1S/C37H48O4Si/c1-34(2,3)42(28-11-7-5-8-12-28,29-13-9-6-10-14-29)41-26-36-21-22-37(39-23-24-40-37)25-27(36)15-16-30-31-17-18-33(38)35(31,4)20-19-32(30)36/h5-15,30-32H,16-26H2,1-4H3/t30-,31-,32-,35-,36+/m0/s1. The second-order valence-electron chi connectivity index (χ2n) is 15.2. The maximum absolute atomic E-state index is 13.2. The van der Waals surface area contributed by atoms with E-state index >= 15 is 0 Å². The molecule has 224 valence electrons. The summed E-state index contributed by atoms with van der Waals surface area (Å²) in [7, 11) is -2.71. The van der Waals surface area contributed by atoms with Crippen LogP contribution in [0.1, 0.15) is 79.1 Å². The summed E-state index contributed by atoms with van der Waals surface area (Å²) in [6.45, 7) is 11.5. The smallest absolute Gasteiger partial charge is 0.261 e. The van der Waals surface area contributed by atoms with Gasteiger partial charge in [-0.15, -0.1) is 0 Å². The first-order valence-corrected chi connectivity index (χ1v) is 18.3. The van der Waals surface area contributed by atoms with Gasteiger partial charge >= 0.3 is 0 Å². The van der Waals surface area contributed by atoms with Crippen molar-refractivity contribution in [3.05, 3.63) is 72.3 Å². The molecule has 4 fully saturated rings. The summed E-state index contributed by atoms with van der Waals surface area (Å²) in [6, 6.07) is 22.1. The van der Waals surface area contributed by atoms with Crippen LogP contribution in [-0.2, 0) is 18.7 Å². The Morgan fingerprint density at radius 2 is 1.52 bits per heavy atom. The first kappa shape index (κ1) is 28.7. The van der Waals surface area contributed by atoms with Crippen molar-refractivity contribution in [2.75, 3.05) is 19.8 Å². The summed E-state index contributed by atoms with van der Waals surface area (Å²) in [4.78, 5) is 13.2. The largest absolute Gasteiger partial charge is 0.407 e. The number of ketones is 1. The number of rotatable bonds is 5. The quantitative estimate of drug-likeness (QED) is 0.286. The Hall–Kier alpha value is -2.05. The molecule has 5 heteroatoms. The van der Waals surface area contributed by atoms with Gasteiger partial charge in [0.15, 0.2) is 5.79 Å². The van der Waals surface area contributed by atoms with Crippen molar-refractivity contribution in [1.29, 1.82) is 0 Å². The highest BCUT2D eigenvalue weighted by Gasteiger charge is 2.63. The number of hydrogen-bond acceptors (Lipinski definition) is 4. The second kappa shape index (κ2) is 10.3.